The highest BCUT2D eigenvalue weighted by Crippen LogP contribution is 2.34. The van der Waals surface area contributed by atoms with E-state index in [0.29, 0.717) is 0 Å². The highest BCUT2D eigenvalue weighted by molar-refractivity contribution is 7.80. The number of carbonyl (C=O) groups is 1. The summed E-state index contributed by atoms with van der Waals surface area (Å²) in [5, 5.41) is 37.3. The minimum Gasteiger partial charge on any atom is -0.391 e. The van der Waals surface area contributed by atoms with Crippen LogP contribution in [0.5, 0.6) is 0 Å². The van der Waals surface area contributed by atoms with Gasteiger partial charge in [-0.1, -0.05) is 0 Å². The summed E-state index contributed by atoms with van der Waals surface area (Å²) < 4.78 is 41.5. The summed E-state index contributed by atoms with van der Waals surface area (Å²) in [6, 6.07) is 0. The molecule has 0 radical (unpaired) electrons. The fraction of sp³-hybridized carbons (Fsp3) is 0.857. The van der Waals surface area contributed by atoms with Crippen molar-refractivity contribution in [3.63, 3.8) is 0 Å². The second-order valence-corrected chi connectivity index (χ2v) is 4.76. The van der Waals surface area contributed by atoms with Gasteiger partial charge < -0.3 is 29.9 Å². The van der Waals surface area contributed by atoms with Crippen LogP contribution in [0.25, 0.3) is 0 Å². The third kappa shape index (κ3) is 3.50. The standard InChI is InChI=1S/C7H12O11S/c1-2(8)3(9)4(10)5(11)7(16-6(12)17-7)18-19(13,14)15/h2-5,8-11H,1H3,(H,13,14,15)/t2-,3-,4-,5-/m0/s1. The predicted molar refractivity (Wildman–Crippen MR) is 52.6 cm³/mol. The number of aliphatic hydroxyl groups is 4. The number of carbonyl (C=O) groups excluding carboxylic acids is 1. The van der Waals surface area contributed by atoms with Crippen molar-refractivity contribution in [3.05, 3.63) is 0 Å². The van der Waals surface area contributed by atoms with E-state index in [4.69, 9.17) is 9.66 Å². The van der Waals surface area contributed by atoms with Gasteiger partial charge in [-0.05, 0) is 6.92 Å². The molecular formula is C7H12O11S. The Morgan fingerprint density at radius 2 is 1.63 bits per heavy atom. The van der Waals surface area contributed by atoms with Gasteiger partial charge in [-0.2, -0.15) is 12.6 Å². The Balaban J connectivity index is 2.91. The summed E-state index contributed by atoms with van der Waals surface area (Å²) in [6.07, 6.45) is -9.50. The molecule has 4 atom stereocenters. The first-order valence-corrected chi connectivity index (χ1v) is 6.17. The van der Waals surface area contributed by atoms with E-state index in [1.165, 1.54) is 0 Å². The van der Waals surface area contributed by atoms with Crippen LogP contribution in [0.3, 0.4) is 0 Å². The van der Waals surface area contributed by atoms with E-state index >= 15 is 0 Å². The minimum atomic E-state index is -5.21. The second-order valence-electron chi connectivity index (χ2n) is 3.74. The van der Waals surface area contributed by atoms with E-state index in [9.17, 15) is 28.5 Å². The van der Waals surface area contributed by atoms with Gasteiger partial charge in [0.25, 0.3) is 0 Å². The van der Waals surface area contributed by atoms with Gasteiger partial charge in [-0.3, -0.25) is 4.55 Å². The zero-order valence-corrected chi connectivity index (χ0v) is 10.2. The molecule has 12 heteroatoms. The number of ether oxygens (including phenoxy) is 2. The van der Waals surface area contributed by atoms with Crippen LogP contribution in [0.15, 0.2) is 0 Å². The average Bonchev–Trinajstić information content (AvgIpc) is 2.21. The lowest BCUT2D eigenvalue weighted by Gasteiger charge is -2.41. The number of hydrogen-bond acceptors (Lipinski definition) is 10. The molecule has 0 amide bonds. The Labute approximate surface area is 106 Å². The highest BCUT2D eigenvalue weighted by Gasteiger charge is 2.63. The molecule has 1 aliphatic rings. The van der Waals surface area contributed by atoms with Gasteiger partial charge in [0, 0.05) is 0 Å². The molecular weight excluding hydrogens is 292 g/mol. The third-order valence-corrected chi connectivity index (χ3v) is 2.65. The van der Waals surface area contributed by atoms with Crippen LogP contribution in [-0.4, -0.2) is 69.9 Å². The summed E-state index contributed by atoms with van der Waals surface area (Å²) >= 11 is 0. The smallest absolute Gasteiger partial charge is 0.391 e. The molecule has 112 valence electrons. The fourth-order valence-corrected chi connectivity index (χ4v) is 1.73. The fourth-order valence-electron chi connectivity index (χ4n) is 1.27. The maximum absolute atomic E-state index is 10.5. The summed E-state index contributed by atoms with van der Waals surface area (Å²) in [5.74, 6) is -3.03. The molecule has 1 saturated heterocycles. The molecule has 0 unspecified atom stereocenters. The van der Waals surface area contributed by atoms with Crippen molar-refractivity contribution in [1.29, 1.82) is 0 Å². The molecule has 19 heavy (non-hydrogen) atoms. The molecule has 1 rings (SSSR count). The SMILES string of the molecule is C[C@H](O)[C@H](O)[C@H](O)[C@H](O)C1(OS(=O)(=O)O)OC(=O)O1. The van der Waals surface area contributed by atoms with Crippen molar-refractivity contribution in [2.75, 3.05) is 0 Å². The largest absolute Gasteiger partial charge is 0.518 e. The lowest BCUT2D eigenvalue weighted by atomic mass is 10.0. The van der Waals surface area contributed by atoms with E-state index in [2.05, 4.69) is 13.7 Å². The molecule has 5 N–H and O–H groups in total. The Morgan fingerprint density at radius 1 is 1.16 bits per heavy atom. The first kappa shape index (κ1) is 16.0. The van der Waals surface area contributed by atoms with Gasteiger partial charge in [0.2, 0.25) is 0 Å². The molecule has 1 aliphatic heterocycles. The van der Waals surface area contributed by atoms with Gasteiger partial charge >= 0.3 is 22.5 Å². The first-order chi connectivity index (χ1) is 8.48. The zero-order valence-electron chi connectivity index (χ0n) is 9.40. The van der Waals surface area contributed by atoms with Crippen LogP contribution in [0.2, 0.25) is 0 Å². The van der Waals surface area contributed by atoms with Crippen molar-refractivity contribution in [1.82, 2.24) is 0 Å². The minimum absolute atomic E-state index is 1.06. The van der Waals surface area contributed by atoms with E-state index in [0.717, 1.165) is 6.92 Å². The summed E-state index contributed by atoms with van der Waals surface area (Å²) in [5.41, 5.74) is 0. The maximum atomic E-state index is 10.5. The molecule has 11 nitrogen and oxygen atoms in total. The van der Waals surface area contributed by atoms with Crippen molar-refractivity contribution in [2.45, 2.75) is 37.3 Å². The van der Waals surface area contributed by atoms with Crippen molar-refractivity contribution in [3.8, 4) is 0 Å². The Bertz CT molecular complexity index is 434. The summed E-state index contributed by atoms with van der Waals surface area (Å²) in [6.45, 7) is 1.06. The van der Waals surface area contributed by atoms with Crippen LogP contribution in [0.1, 0.15) is 6.92 Å². The first-order valence-electron chi connectivity index (χ1n) is 4.81. The molecule has 1 heterocycles. The van der Waals surface area contributed by atoms with E-state index in [1.54, 1.807) is 0 Å². The number of aliphatic hydroxyl groups excluding tert-OH is 4. The van der Waals surface area contributed by atoms with E-state index in [1.807, 2.05) is 0 Å². The van der Waals surface area contributed by atoms with Crippen LogP contribution < -0.4 is 0 Å². The topological polar surface area (TPSA) is 180 Å². The summed E-state index contributed by atoms with van der Waals surface area (Å²) in [7, 11) is -5.21. The highest BCUT2D eigenvalue weighted by atomic mass is 32.3. The van der Waals surface area contributed by atoms with Gasteiger partial charge in [0.1, 0.15) is 12.2 Å². The lowest BCUT2D eigenvalue weighted by molar-refractivity contribution is -0.415. The lowest BCUT2D eigenvalue weighted by Crippen LogP contribution is -2.66. The molecule has 1 fully saturated rings. The molecule has 0 bridgehead atoms. The van der Waals surface area contributed by atoms with E-state index < -0.39 is 46.9 Å². The van der Waals surface area contributed by atoms with Gasteiger partial charge in [0.15, 0.2) is 6.10 Å². The molecule has 0 saturated carbocycles. The molecule has 0 aromatic carbocycles. The Hall–Kier alpha value is -1.02. The van der Waals surface area contributed by atoms with Gasteiger partial charge in [0.05, 0.1) is 6.10 Å². The third-order valence-electron chi connectivity index (χ3n) is 2.20. The van der Waals surface area contributed by atoms with Crippen molar-refractivity contribution >= 4 is 16.6 Å². The van der Waals surface area contributed by atoms with Crippen LogP contribution in [0.4, 0.5) is 4.79 Å². The zero-order chi connectivity index (χ0) is 15.0. The number of hydrogen-bond donors (Lipinski definition) is 5. The normalized spacial score (nSPS) is 24.4. The molecule has 0 spiro atoms. The predicted octanol–water partition coefficient (Wildman–Crippen LogP) is -2.91. The van der Waals surface area contributed by atoms with Gasteiger partial charge in [-0.25, -0.2) is 4.79 Å². The monoisotopic (exact) mass is 304 g/mol. The number of cyclic esters (lactones) is 2. The molecule has 0 aliphatic carbocycles. The van der Waals surface area contributed by atoms with Crippen LogP contribution >= 0.6 is 0 Å². The quantitative estimate of drug-likeness (QED) is 0.250. The summed E-state index contributed by atoms with van der Waals surface area (Å²) in [4.78, 5) is 10.5. The van der Waals surface area contributed by atoms with Gasteiger partial charge in [-0.15, -0.1) is 0 Å². The average molecular weight is 304 g/mol. The maximum Gasteiger partial charge on any atom is 0.518 e. The van der Waals surface area contributed by atoms with Crippen molar-refractivity contribution in [2.24, 2.45) is 0 Å². The number of rotatable bonds is 6. The van der Waals surface area contributed by atoms with E-state index in [-0.39, 0.29) is 0 Å². The Morgan fingerprint density at radius 3 is 1.95 bits per heavy atom. The van der Waals surface area contributed by atoms with Crippen molar-refractivity contribution < 1.29 is 51.8 Å². The molecule has 0 aromatic heterocycles. The molecule has 0 aromatic rings. The Kier molecular flexibility index (Phi) is 4.36. The second kappa shape index (κ2) is 5.16. The van der Waals surface area contributed by atoms with Crippen LogP contribution in [0, 0.1) is 0 Å². The van der Waals surface area contributed by atoms with Crippen LogP contribution in [-0.2, 0) is 24.1 Å².